The molecule has 0 aliphatic rings. The van der Waals surface area contributed by atoms with E-state index in [-0.39, 0.29) is 5.56 Å². The van der Waals surface area contributed by atoms with E-state index in [1.807, 2.05) is 53.1 Å². The van der Waals surface area contributed by atoms with E-state index in [0.717, 1.165) is 41.4 Å². The van der Waals surface area contributed by atoms with Crippen LogP contribution in [-0.4, -0.2) is 9.55 Å². The zero-order valence-electron chi connectivity index (χ0n) is 17.3. The molecule has 0 N–H and O–H groups in total. The number of unbranched alkanes of at least 4 members (excludes halogenated alkanes) is 4. The van der Waals surface area contributed by atoms with Crippen molar-refractivity contribution in [2.75, 3.05) is 0 Å². The lowest BCUT2D eigenvalue weighted by Crippen LogP contribution is -2.23. The molecule has 30 heavy (non-hydrogen) atoms. The van der Waals surface area contributed by atoms with Crippen molar-refractivity contribution in [1.82, 2.24) is 9.55 Å². The minimum atomic E-state index is 0.0523. The molecule has 0 saturated heterocycles. The Bertz CT molecular complexity index is 1130. The number of hydrogen-bond donors (Lipinski definition) is 0. The van der Waals surface area contributed by atoms with Gasteiger partial charge in [0.15, 0.2) is 0 Å². The number of aromatic nitrogens is 2. The van der Waals surface area contributed by atoms with Gasteiger partial charge in [0, 0.05) is 23.7 Å². The monoisotopic (exact) mass is 396 g/mol. The molecule has 152 valence electrons. The smallest absolute Gasteiger partial charge is 0.260 e. The second-order valence-electron chi connectivity index (χ2n) is 7.80. The lowest BCUT2D eigenvalue weighted by Gasteiger charge is -2.12. The summed E-state index contributed by atoms with van der Waals surface area (Å²) in [6.07, 6.45) is 8.69. The van der Waals surface area contributed by atoms with E-state index >= 15 is 0 Å². The summed E-state index contributed by atoms with van der Waals surface area (Å²) < 4.78 is 1.86. The normalized spacial score (nSPS) is 11.1. The maximum atomic E-state index is 13.2. The van der Waals surface area contributed by atoms with Gasteiger partial charge in [-0.3, -0.25) is 9.36 Å². The van der Waals surface area contributed by atoms with Crippen molar-refractivity contribution in [3.63, 3.8) is 0 Å². The van der Waals surface area contributed by atoms with Crippen LogP contribution in [0.25, 0.3) is 22.2 Å². The molecule has 4 rings (SSSR count). The van der Waals surface area contributed by atoms with Gasteiger partial charge in [0.25, 0.3) is 5.56 Å². The zero-order valence-corrected chi connectivity index (χ0v) is 17.3. The average molecular weight is 397 g/mol. The molecule has 4 aromatic rings. The van der Waals surface area contributed by atoms with Crippen LogP contribution in [0.2, 0.25) is 0 Å². The van der Waals surface area contributed by atoms with Crippen molar-refractivity contribution >= 4 is 11.0 Å². The minimum absolute atomic E-state index is 0.0523. The van der Waals surface area contributed by atoms with Crippen LogP contribution >= 0.6 is 0 Å². The highest BCUT2D eigenvalue weighted by Gasteiger charge is 2.11. The van der Waals surface area contributed by atoms with Crippen molar-refractivity contribution in [1.29, 1.82) is 0 Å². The Kier molecular flexibility index (Phi) is 6.71. The molecule has 0 radical (unpaired) electrons. The van der Waals surface area contributed by atoms with Crippen LogP contribution in [0, 0.1) is 0 Å². The molecule has 0 fully saturated rings. The van der Waals surface area contributed by atoms with E-state index in [1.54, 1.807) is 6.20 Å². The minimum Gasteiger partial charge on any atom is -0.292 e. The second-order valence-corrected chi connectivity index (χ2v) is 7.80. The van der Waals surface area contributed by atoms with Gasteiger partial charge >= 0.3 is 0 Å². The molecule has 0 atom stereocenters. The lowest BCUT2D eigenvalue weighted by atomic mass is 10.0. The van der Waals surface area contributed by atoms with Crippen LogP contribution in [0.5, 0.6) is 0 Å². The van der Waals surface area contributed by atoms with Crippen LogP contribution in [0.15, 0.2) is 89.9 Å². The van der Waals surface area contributed by atoms with E-state index in [4.69, 9.17) is 0 Å². The maximum absolute atomic E-state index is 13.2. The van der Waals surface area contributed by atoms with Gasteiger partial charge in [0.05, 0.1) is 0 Å². The third kappa shape index (κ3) is 4.85. The number of benzene rings is 2. The maximum Gasteiger partial charge on any atom is 0.260 e. The first-order valence-electron chi connectivity index (χ1n) is 10.9. The summed E-state index contributed by atoms with van der Waals surface area (Å²) in [5.41, 5.74) is 3.96. The topological polar surface area (TPSA) is 34.9 Å². The zero-order chi connectivity index (χ0) is 20.6. The number of hydrogen-bond acceptors (Lipinski definition) is 2. The molecule has 0 amide bonds. The van der Waals surface area contributed by atoms with Crippen LogP contribution in [0.1, 0.15) is 37.7 Å². The molecular weight excluding hydrogens is 368 g/mol. The quantitative estimate of drug-likeness (QED) is 0.313. The molecule has 0 spiro atoms. The molecule has 2 heterocycles. The third-order valence-electron chi connectivity index (χ3n) is 5.62. The van der Waals surface area contributed by atoms with Gasteiger partial charge in [-0.1, -0.05) is 79.9 Å². The van der Waals surface area contributed by atoms with Crippen molar-refractivity contribution < 1.29 is 0 Å². The Labute approximate surface area is 178 Å². The van der Waals surface area contributed by atoms with E-state index in [9.17, 15) is 4.79 Å². The molecule has 2 aromatic heterocycles. The van der Waals surface area contributed by atoms with Gasteiger partial charge in [-0.2, -0.15) is 0 Å². The predicted octanol–water partition coefficient (Wildman–Crippen LogP) is 6.26. The van der Waals surface area contributed by atoms with Crippen molar-refractivity contribution in [3.05, 3.63) is 101 Å². The number of fused-ring (bicyclic) bond motifs is 1. The van der Waals surface area contributed by atoms with Crippen LogP contribution in [-0.2, 0) is 13.0 Å². The largest absolute Gasteiger partial charge is 0.292 e. The van der Waals surface area contributed by atoms with E-state index < -0.39 is 0 Å². The van der Waals surface area contributed by atoms with Crippen molar-refractivity contribution in [2.45, 2.75) is 45.1 Å². The summed E-state index contributed by atoms with van der Waals surface area (Å²) in [5.74, 6) is 0. The van der Waals surface area contributed by atoms with Gasteiger partial charge in [0.2, 0.25) is 0 Å². The lowest BCUT2D eigenvalue weighted by molar-refractivity contribution is 0.559. The SMILES string of the molecule is O=c1c(-c2ccccc2)cc2cccnc2n1CCCCCCCc1ccccc1. The standard InChI is InChI=1S/C27H28N2O/c30-27-25(23-16-9-5-10-17-23)21-24-18-12-19-28-26(24)29(27)20-11-3-1-2-6-13-22-14-7-4-8-15-22/h4-5,7-10,12,14-19,21H,1-3,6,11,13,20H2. The summed E-state index contributed by atoms with van der Waals surface area (Å²) in [5, 5.41) is 1.01. The van der Waals surface area contributed by atoms with E-state index in [1.165, 1.54) is 24.8 Å². The Morgan fingerprint density at radius 2 is 1.43 bits per heavy atom. The van der Waals surface area contributed by atoms with Crippen LogP contribution < -0.4 is 5.56 Å². The number of nitrogens with zero attached hydrogens (tertiary/aromatic N) is 2. The fourth-order valence-corrected chi connectivity index (χ4v) is 4.01. The first-order valence-corrected chi connectivity index (χ1v) is 10.9. The van der Waals surface area contributed by atoms with Gasteiger partial charge in [-0.25, -0.2) is 4.98 Å². The third-order valence-corrected chi connectivity index (χ3v) is 5.62. The highest BCUT2D eigenvalue weighted by molar-refractivity contribution is 5.81. The molecule has 0 aliphatic carbocycles. The number of rotatable bonds is 9. The Hall–Kier alpha value is -3.20. The number of aryl methyl sites for hydroxylation is 2. The summed E-state index contributed by atoms with van der Waals surface area (Å²) >= 11 is 0. The van der Waals surface area contributed by atoms with Crippen molar-refractivity contribution in [2.24, 2.45) is 0 Å². The van der Waals surface area contributed by atoms with Gasteiger partial charge in [-0.15, -0.1) is 0 Å². The molecular formula is C27H28N2O. The highest BCUT2D eigenvalue weighted by atomic mass is 16.1. The summed E-state index contributed by atoms with van der Waals surface area (Å²) in [4.78, 5) is 17.7. The first-order chi connectivity index (χ1) is 14.8. The summed E-state index contributed by atoms with van der Waals surface area (Å²) in [6, 6.07) is 26.5. The molecule has 3 nitrogen and oxygen atoms in total. The Morgan fingerprint density at radius 1 is 0.733 bits per heavy atom. The summed E-state index contributed by atoms with van der Waals surface area (Å²) in [6.45, 7) is 0.714. The van der Waals surface area contributed by atoms with Gasteiger partial charge in [0.1, 0.15) is 5.65 Å². The molecule has 2 aromatic carbocycles. The van der Waals surface area contributed by atoms with E-state index in [2.05, 4.69) is 35.3 Å². The Balaban J connectivity index is 1.40. The highest BCUT2D eigenvalue weighted by Crippen LogP contribution is 2.20. The molecule has 3 heteroatoms. The number of pyridine rings is 2. The molecule has 0 unspecified atom stereocenters. The molecule has 0 saturated carbocycles. The predicted molar refractivity (Wildman–Crippen MR) is 125 cm³/mol. The van der Waals surface area contributed by atoms with Gasteiger partial charge < -0.3 is 0 Å². The van der Waals surface area contributed by atoms with Crippen LogP contribution in [0.3, 0.4) is 0 Å². The summed E-state index contributed by atoms with van der Waals surface area (Å²) in [7, 11) is 0. The fraction of sp³-hybridized carbons (Fsp3) is 0.259. The van der Waals surface area contributed by atoms with Crippen molar-refractivity contribution in [3.8, 4) is 11.1 Å². The van der Waals surface area contributed by atoms with Gasteiger partial charge in [-0.05, 0) is 48.6 Å². The van der Waals surface area contributed by atoms with E-state index in [0.29, 0.717) is 6.54 Å². The fourth-order valence-electron chi connectivity index (χ4n) is 4.01. The first kappa shape index (κ1) is 20.1. The Morgan fingerprint density at radius 3 is 2.23 bits per heavy atom. The average Bonchev–Trinajstić information content (AvgIpc) is 2.80. The molecule has 0 aliphatic heterocycles. The molecule has 0 bridgehead atoms. The second kappa shape index (κ2) is 10.0. The van der Waals surface area contributed by atoms with Crippen LogP contribution in [0.4, 0.5) is 0 Å².